The fourth-order valence-corrected chi connectivity index (χ4v) is 7.22. The molecule has 0 atom stereocenters. The van der Waals surface area contributed by atoms with E-state index in [1.165, 1.54) is 22.5 Å². The van der Waals surface area contributed by atoms with E-state index in [0.29, 0.717) is 66.8 Å². The predicted molar refractivity (Wildman–Crippen MR) is 192 cm³/mol. The van der Waals surface area contributed by atoms with Gasteiger partial charge in [-0.15, -0.1) is 0 Å². The number of amides is 1. The summed E-state index contributed by atoms with van der Waals surface area (Å²) in [5.41, 5.74) is 11.8. The number of nitrogens with zero attached hydrogens (tertiary/aromatic N) is 4. The maximum Gasteiger partial charge on any atom is 0.268 e. The minimum atomic E-state index is -0.574. The number of Topliss-reactive ketones (excluding diaryl/α,β-unsaturated/α-hetero) is 1. The van der Waals surface area contributed by atoms with Crippen molar-refractivity contribution in [1.82, 2.24) is 19.1 Å². The van der Waals surface area contributed by atoms with Gasteiger partial charge in [0, 0.05) is 53.5 Å². The molecule has 0 saturated heterocycles. The Balaban J connectivity index is 1.01. The summed E-state index contributed by atoms with van der Waals surface area (Å²) in [5.74, 6) is 0.234. The Morgan fingerprint density at radius 2 is 1.64 bits per heavy atom. The van der Waals surface area contributed by atoms with Crippen LogP contribution in [0.2, 0.25) is 0 Å². The number of benzene rings is 3. The van der Waals surface area contributed by atoms with E-state index in [0.717, 1.165) is 35.0 Å². The van der Waals surface area contributed by atoms with Crippen molar-refractivity contribution in [3.8, 4) is 16.8 Å². The van der Waals surface area contributed by atoms with Crippen molar-refractivity contribution in [1.29, 1.82) is 0 Å². The van der Waals surface area contributed by atoms with Gasteiger partial charge in [0.25, 0.3) is 11.5 Å². The first-order chi connectivity index (χ1) is 24.4. The minimum Gasteiger partial charge on any atom is -0.383 e. The first-order valence-electron chi connectivity index (χ1n) is 17.0. The van der Waals surface area contributed by atoms with Gasteiger partial charge in [0.1, 0.15) is 23.4 Å². The Morgan fingerprint density at radius 3 is 2.40 bits per heavy atom. The van der Waals surface area contributed by atoms with Gasteiger partial charge in [0.15, 0.2) is 5.78 Å². The zero-order valence-electron chi connectivity index (χ0n) is 27.4. The number of pyridine rings is 1. The third-order valence-corrected chi connectivity index (χ3v) is 9.84. The second-order valence-electron chi connectivity index (χ2n) is 13.1. The molecule has 3 N–H and O–H groups in total. The lowest BCUT2D eigenvalue weighted by molar-refractivity contribution is 0.0387. The number of hydrogen-bond acceptors (Lipinski definition) is 7. The number of ketones is 1. The van der Waals surface area contributed by atoms with E-state index in [2.05, 4.69) is 38.2 Å². The Hall–Kier alpha value is -5.87. The van der Waals surface area contributed by atoms with Gasteiger partial charge in [-0.05, 0) is 73.1 Å². The molecule has 50 heavy (non-hydrogen) atoms. The number of carbonyl (C=O) groups excluding carboxylic acids is 2. The Morgan fingerprint density at radius 1 is 0.900 bits per heavy atom. The highest BCUT2D eigenvalue weighted by molar-refractivity contribution is 6.07. The maximum atomic E-state index is 13.8. The molecule has 0 radical (unpaired) electrons. The molecule has 0 aliphatic heterocycles. The molecular formula is C40H36N6O4. The molecule has 10 nitrogen and oxygen atoms in total. The summed E-state index contributed by atoms with van der Waals surface area (Å²) >= 11 is 0. The molecule has 1 saturated carbocycles. The number of rotatable bonds is 9. The summed E-state index contributed by atoms with van der Waals surface area (Å²) in [6.07, 6.45) is 7.18. The molecule has 0 spiro atoms. The monoisotopic (exact) mass is 664 g/mol. The van der Waals surface area contributed by atoms with Crippen molar-refractivity contribution in [2.24, 2.45) is 5.92 Å². The van der Waals surface area contributed by atoms with Crippen molar-refractivity contribution in [2.45, 2.75) is 44.8 Å². The van der Waals surface area contributed by atoms with Gasteiger partial charge in [-0.1, -0.05) is 60.7 Å². The minimum absolute atomic E-state index is 0.0643. The van der Waals surface area contributed by atoms with Crippen LogP contribution in [0.3, 0.4) is 0 Å². The second kappa shape index (κ2) is 13.2. The molecule has 0 bridgehead atoms. The van der Waals surface area contributed by atoms with E-state index in [4.69, 9.17) is 10.5 Å². The average Bonchev–Trinajstić information content (AvgIpc) is 3.50. The van der Waals surface area contributed by atoms with Crippen molar-refractivity contribution >= 4 is 34.2 Å². The van der Waals surface area contributed by atoms with Crippen molar-refractivity contribution < 1.29 is 14.3 Å². The maximum absolute atomic E-state index is 13.8. The summed E-state index contributed by atoms with van der Waals surface area (Å²) in [6, 6.07) is 28.4. The molecule has 2 aliphatic carbocycles. The van der Waals surface area contributed by atoms with Crippen LogP contribution in [0.25, 0.3) is 27.8 Å². The molecule has 0 unspecified atom stereocenters. The molecule has 1 amide bonds. The van der Waals surface area contributed by atoms with E-state index in [-0.39, 0.29) is 17.4 Å². The van der Waals surface area contributed by atoms with Gasteiger partial charge in [-0.3, -0.25) is 19.0 Å². The first-order valence-corrected chi connectivity index (χ1v) is 17.0. The topological polar surface area (TPSA) is 134 Å². The third kappa shape index (κ3) is 5.88. The Labute approximate surface area is 288 Å². The van der Waals surface area contributed by atoms with E-state index in [9.17, 15) is 14.4 Å². The highest BCUT2D eigenvalue weighted by Gasteiger charge is 2.33. The number of fused-ring (bicyclic) bond motifs is 2. The van der Waals surface area contributed by atoms with Crippen molar-refractivity contribution in [3.05, 3.63) is 136 Å². The van der Waals surface area contributed by atoms with Crippen molar-refractivity contribution in [2.75, 3.05) is 17.7 Å². The molecule has 250 valence electrons. The molecule has 8 rings (SSSR count). The standard InChI is InChI=1S/C40H36N6O4/c41-37-36-33(21-45(38(36)43-24-42-37)30-18-26(19-30)23-50-22-25-8-3-1-4-9-25)27-14-16-28(17-15-27)44-39(48)32-20-31-34(12-7-13-35(31)47)46(40(32)49)29-10-5-2-6-11-29/h1-6,8-11,14-17,20-21,24,26,30H,7,12-13,18-19,22-23H2,(H,44,48)(H2,41,42,43)/t26-,30+. The third-order valence-electron chi connectivity index (χ3n) is 9.84. The van der Waals surface area contributed by atoms with Gasteiger partial charge in [-0.25, -0.2) is 9.97 Å². The SMILES string of the molecule is Nc1ncnc2c1c(-c1ccc(NC(=O)c3cc4c(n(-c5ccccc5)c3=O)CCCC4=O)cc1)cn2[C@H]1C[C@@H](COCc2ccccc2)C1. The number of anilines is 2. The summed E-state index contributed by atoms with van der Waals surface area (Å²) in [6.45, 7) is 1.32. The zero-order chi connectivity index (χ0) is 34.2. The van der Waals surface area contributed by atoms with Crippen LogP contribution in [0.15, 0.2) is 108 Å². The molecule has 6 aromatic rings. The molecule has 1 fully saturated rings. The highest BCUT2D eigenvalue weighted by Crippen LogP contribution is 2.43. The molecule has 2 aliphatic rings. The predicted octanol–water partition coefficient (Wildman–Crippen LogP) is 6.77. The summed E-state index contributed by atoms with van der Waals surface area (Å²) in [7, 11) is 0. The van der Waals surface area contributed by atoms with Crippen LogP contribution >= 0.6 is 0 Å². The van der Waals surface area contributed by atoms with Gasteiger partial charge in [-0.2, -0.15) is 0 Å². The van der Waals surface area contributed by atoms with Gasteiger partial charge >= 0.3 is 0 Å². The molecular weight excluding hydrogens is 628 g/mol. The molecule has 10 heteroatoms. The number of ether oxygens (including phenoxy) is 1. The lowest BCUT2D eigenvalue weighted by Gasteiger charge is -2.36. The number of hydrogen-bond donors (Lipinski definition) is 2. The summed E-state index contributed by atoms with van der Waals surface area (Å²) in [5, 5.41) is 3.66. The van der Waals surface area contributed by atoms with Crippen LogP contribution in [-0.2, 0) is 17.8 Å². The van der Waals surface area contributed by atoms with E-state index >= 15 is 0 Å². The largest absolute Gasteiger partial charge is 0.383 e. The van der Waals surface area contributed by atoms with E-state index < -0.39 is 11.5 Å². The molecule has 3 aromatic carbocycles. The Bertz CT molecular complexity index is 2270. The van der Waals surface area contributed by atoms with Crippen molar-refractivity contribution in [3.63, 3.8) is 0 Å². The van der Waals surface area contributed by atoms with Gasteiger partial charge in [0.2, 0.25) is 0 Å². The number of nitrogens with one attached hydrogen (secondary N) is 1. The van der Waals surface area contributed by atoms with Crippen LogP contribution in [0.4, 0.5) is 11.5 Å². The van der Waals surface area contributed by atoms with Gasteiger partial charge in [0.05, 0.1) is 12.0 Å². The smallest absolute Gasteiger partial charge is 0.268 e. The number of nitrogens with two attached hydrogens (primary N) is 1. The summed E-state index contributed by atoms with van der Waals surface area (Å²) in [4.78, 5) is 49.1. The zero-order valence-corrected chi connectivity index (χ0v) is 27.4. The highest BCUT2D eigenvalue weighted by atomic mass is 16.5. The quantitative estimate of drug-likeness (QED) is 0.174. The van der Waals surface area contributed by atoms with Crippen LogP contribution in [0.1, 0.15) is 63.7 Å². The fourth-order valence-electron chi connectivity index (χ4n) is 7.22. The number of carbonyl (C=O) groups is 2. The summed E-state index contributed by atoms with van der Waals surface area (Å²) < 4.78 is 9.70. The second-order valence-corrected chi connectivity index (χ2v) is 13.1. The number of nitrogen functional groups attached to an aromatic ring is 1. The van der Waals surface area contributed by atoms with Crippen LogP contribution in [-0.4, -0.2) is 37.4 Å². The van der Waals surface area contributed by atoms with Gasteiger partial charge < -0.3 is 20.4 Å². The fraction of sp³-hybridized carbons (Fsp3) is 0.225. The average molecular weight is 665 g/mol. The molecule has 3 heterocycles. The normalized spacial score (nSPS) is 16.9. The lowest BCUT2D eigenvalue weighted by atomic mass is 9.80. The lowest BCUT2D eigenvalue weighted by Crippen LogP contribution is -2.33. The number of para-hydroxylation sites is 1. The van der Waals surface area contributed by atoms with E-state index in [1.54, 1.807) is 24.3 Å². The molecule has 3 aromatic heterocycles. The van der Waals surface area contributed by atoms with E-state index in [1.807, 2.05) is 48.5 Å². The van der Waals surface area contributed by atoms with Crippen LogP contribution < -0.4 is 16.6 Å². The first kappa shape index (κ1) is 31.4. The Kier molecular flexibility index (Phi) is 8.30. The van der Waals surface area contributed by atoms with Crippen LogP contribution in [0, 0.1) is 5.92 Å². The number of aromatic nitrogens is 4. The van der Waals surface area contributed by atoms with Crippen LogP contribution in [0.5, 0.6) is 0 Å².